The highest BCUT2D eigenvalue weighted by molar-refractivity contribution is 5.75. The lowest BCUT2D eigenvalue weighted by Crippen LogP contribution is -2.33. The van der Waals surface area contributed by atoms with Crippen molar-refractivity contribution in [2.45, 2.75) is 25.9 Å². The lowest BCUT2D eigenvalue weighted by Gasteiger charge is -2.11. The summed E-state index contributed by atoms with van der Waals surface area (Å²) in [6.07, 6.45) is 11.9. The fourth-order valence-electron chi connectivity index (χ4n) is 1.78. The first-order valence-corrected chi connectivity index (χ1v) is 6.84. The van der Waals surface area contributed by atoms with Crippen LogP contribution in [0.1, 0.15) is 12.8 Å². The molecular formula is C14H20N6O. The highest BCUT2D eigenvalue weighted by Gasteiger charge is 2.01. The molecule has 1 amide bonds. The summed E-state index contributed by atoms with van der Waals surface area (Å²) in [7, 11) is 0. The van der Waals surface area contributed by atoms with Crippen LogP contribution in [0.2, 0.25) is 0 Å². The van der Waals surface area contributed by atoms with E-state index in [9.17, 15) is 4.79 Å². The van der Waals surface area contributed by atoms with Crippen molar-refractivity contribution < 1.29 is 4.79 Å². The maximum Gasteiger partial charge on any atom is 0.223 e. The van der Waals surface area contributed by atoms with Gasteiger partial charge in [0.05, 0.1) is 19.3 Å². The average molecular weight is 288 g/mol. The summed E-state index contributed by atoms with van der Waals surface area (Å²) < 4.78 is 3.85. The van der Waals surface area contributed by atoms with Crippen LogP contribution >= 0.6 is 0 Å². The third-order valence-electron chi connectivity index (χ3n) is 3.01. The summed E-state index contributed by atoms with van der Waals surface area (Å²) in [5.74, 6) is -0.00129. The number of allylic oxidation sites excluding steroid dienone is 1. The molecule has 0 bridgehead atoms. The molecule has 2 aromatic rings. The van der Waals surface area contributed by atoms with Crippen molar-refractivity contribution in [3.05, 3.63) is 49.7 Å². The number of carbonyl (C=O) groups is 1. The Morgan fingerprint density at radius 3 is 2.19 bits per heavy atom. The zero-order chi connectivity index (χ0) is 14.9. The van der Waals surface area contributed by atoms with Crippen LogP contribution in [-0.2, 0) is 17.9 Å². The van der Waals surface area contributed by atoms with Gasteiger partial charge in [0.15, 0.2) is 0 Å². The zero-order valence-corrected chi connectivity index (χ0v) is 11.9. The Morgan fingerprint density at radius 2 is 1.62 bits per heavy atom. The van der Waals surface area contributed by atoms with E-state index in [4.69, 9.17) is 0 Å². The zero-order valence-electron chi connectivity index (χ0n) is 11.9. The molecular weight excluding hydrogens is 268 g/mol. The van der Waals surface area contributed by atoms with Crippen molar-refractivity contribution in [3.63, 3.8) is 0 Å². The Balaban J connectivity index is 1.53. The number of carbonyl (C=O) groups excluding carboxylic acids is 1. The average Bonchev–Trinajstić information content (AvgIpc) is 3.16. The van der Waals surface area contributed by atoms with Crippen LogP contribution < -0.4 is 10.6 Å². The van der Waals surface area contributed by atoms with Crippen molar-refractivity contribution in [1.29, 1.82) is 0 Å². The van der Waals surface area contributed by atoms with E-state index in [0.29, 0.717) is 19.6 Å². The standard InChI is InChI=1S/C14H20N6O/c1-13(2-6-19-8-4-15-11-19)17-10-18-14(21)3-7-20-9-5-16-12-20/h4-5,8-9,11-12,17H,1-3,6-7,10H2,(H,18,21). The normalized spacial score (nSPS) is 10.3. The van der Waals surface area contributed by atoms with E-state index in [0.717, 1.165) is 18.7 Å². The van der Waals surface area contributed by atoms with E-state index in [-0.39, 0.29) is 5.91 Å². The second kappa shape index (κ2) is 7.88. The molecule has 2 rings (SSSR count). The van der Waals surface area contributed by atoms with Crippen molar-refractivity contribution in [2.75, 3.05) is 6.67 Å². The Kier molecular flexibility index (Phi) is 5.57. The molecule has 0 aliphatic heterocycles. The quantitative estimate of drug-likeness (QED) is 0.667. The highest BCUT2D eigenvalue weighted by atomic mass is 16.1. The summed E-state index contributed by atoms with van der Waals surface area (Å²) in [6, 6.07) is 0. The molecule has 2 N–H and O–H groups in total. The Morgan fingerprint density at radius 1 is 1.00 bits per heavy atom. The molecule has 0 saturated heterocycles. The summed E-state index contributed by atoms with van der Waals surface area (Å²) in [6.45, 7) is 5.78. The van der Waals surface area contributed by atoms with Crippen molar-refractivity contribution in [3.8, 4) is 0 Å². The minimum Gasteiger partial charge on any atom is -0.372 e. The molecule has 0 unspecified atom stereocenters. The first-order chi connectivity index (χ1) is 10.2. The topological polar surface area (TPSA) is 76.8 Å². The van der Waals surface area contributed by atoms with E-state index in [1.807, 2.05) is 21.5 Å². The molecule has 0 aromatic carbocycles. The second-order valence-electron chi connectivity index (χ2n) is 4.66. The van der Waals surface area contributed by atoms with E-state index in [1.165, 1.54) is 0 Å². The Hall–Kier alpha value is -2.57. The number of imidazole rings is 2. The van der Waals surface area contributed by atoms with Gasteiger partial charge in [-0.2, -0.15) is 0 Å². The van der Waals surface area contributed by atoms with Gasteiger partial charge >= 0.3 is 0 Å². The minimum absolute atomic E-state index is 0.00129. The van der Waals surface area contributed by atoms with Gasteiger partial charge in [-0.3, -0.25) is 4.79 Å². The fraction of sp³-hybridized carbons (Fsp3) is 0.357. The molecule has 0 aliphatic carbocycles. The molecule has 0 saturated carbocycles. The highest BCUT2D eigenvalue weighted by Crippen LogP contribution is 1.97. The monoisotopic (exact) mass is 288 g/mol. The molecule has 0 aliphatic rings. The van der Waals surface area contributed by atoms with Gasteiger partial charge in [-0.15, -0.1) is 0 Å². The Labute approximate surface area is 123 Å². The van der Waals surface area contributed by atoms with Crippen LogP contribution in [-0.4, -0.2) is 31.7 Å². The number of hydrogen-bond acceptors (Lipinski definition) is 4. The number of aryl methyl sites for hydroxylation is 2. The van der Waals surface area contributed by atoms with Crippen LogP contribution in [0.5, 0.6) is 0 Å². The van der Waals surface area contributed by atoms with Crippen molar-refractivity contribution >= 4 is 5.91 Å². The Bertz CT molecular complexity index is 496. The molecule has 0 fully saturated rings. The smallest absolute Gasteiger partial charge is 0.223 e. The largest absolute Gasteiger partial charge is 0.372 e. The van der Waals surface area contributed by atoms with E-state index >= 15 is 0 Å². The van der Waals surface area contributed by atoms with Crippen molar-refractivity contribution in [1.82, 2.24) is 29.7 Å². The molecule has 2 aromatic heterocycles. The van der Waals surface area contributed by atoms with E-state index in [1.54, 1.807) is 25.0 Å². The molecule has 7 nitrogen and oxygen atoms in total. The number of nitrogens with zero attached hydrogens (tertiary/aromatic N) is 4. The molecule has 7 heteroatoms. The first-order valence-electron chi connectivity index (χ1n) is 6.84. The summed E-state index contributed by atoms with van der Waals surface area (Å²) in [5.41, 5.74) is 0.888. The van der Waals surface area contributed by atoms with Gasteiger partial charge < -0.3 is 19.8 Å². The lowest BCUT2D eigenvalue weighted by atomic mass is 10.3. The summed E-state index contributed by atoms with van der Waals surface area (Å²) >= 11 is 0. The molecule has 0 spiro atoms. The van der Waals surface area contributed by atoms with Crippen LogP contribution in [0.4, 0.5) is 0 Å². The predicted octanol–water partition coefficient (Wildman–Crippen LogP) is 0.737. The van der Waals surface area contributed by atoms with Gasteiger partial charge in [0, 0.05) is 56.4 Å². The minimum atomic E-state index is -0.00129. The van der Waals surface area contributed by atoms with Gasteiger partial charge in [0.2, 0.25) is 5.91 Å². The number of amides is 1. The number of hydrogen-bond donors (Lipinski definition) is 2. The maximum absolute atomic E-state index is 11.6. The van der Waals surface area contributed by atoms with Crippen LogP contribution in [0.15, 0.2) is 49.7 Å². The van der Waals surface area contributed by atoms with Crippen LogP contribution in [0.3, 0.4) is 0 Å². The van der Waals surface area contributed by atoms with Crippen molar-refractivity contribution in [2.24, 2.45) is 0 Å². The molecule has 21 heavy (non-hydrogen) atoms. The summed E-state index contributed by atoms with van der Waals surface area (Å²) in [5, 5.41) is 5.90. The predicted molar refractivity (Wildman–Crippen MR) is 79.0 cm³/mol. The third-order valence-corrected chi connectivity index (χ3v) is 3.01. The maximum atomic E-state index is 11.6. The van der Waals surface area contributed by atoms with Gasteiger partial charge in [0.25, 0.3) is 0 Å². The van der Waals surface area contributed by atoms with Gasteiger partial charge in [-0.05, 0) is 0 Å². The van der Waals surface area contributed by atoms with Gasteiger partial charge in [0.1, 0.15) is 0 Å². The fourth-order valence-corrected chi connectivity index (χ4v) is 1.78. The number of nitrogens with one attached hydrogen (secondary N) is 2. The van der Waals surface area contributed by atoms with Gasteiger partial charge in [-0.25, -0.2) is 9.97 Å². The lowest BCUT2D eigenvalue weighted by molar-refractivity contribution is -0.121. The third kappa shape index (κ3) is 5.52. The van der Waals surface area contributed by atoms with E-state index in [2.05, 4.69) is 27.2 Å². The first kappa shape index (κ1) is 14.8. The summed E-state index contributed by atoms with van der Waals surface area (Å²) in [4.78, 5) is 19.5. The molecule has 0 atom stereocenters. The molecule has 112 valence electrons. The SMILES string of the molecule is C=C(CCn1ccnc1)NCNC(=O)CCn1ccnc1. The van der Waals surface area contributed by atoms with E-state index < -0.39 is 0 Å². The number of rotatable bonds is 9. The van der Waals surface area contributed by atoms with Gasteiger partial charge in [-0.1, -0.05) is 6.58 Å². The molecule has 0 radical (unpaired) electrons. The second-order valence-corrected chi connectivity index (χ2v) is 4.66. The number of aromatic nitrogens is 4. The van der Waals surface area contributed by atoms with Crippen LogP contribution in [0, 0.1) is 0 Å². The molecule has 2 heterocycles. The van der Waals surface area contributed by atoms with Crippen LogP contribution in [0.25, 0.3) is 0 Å².